The third-order valence-electron chi connectivity index (χ3n) is 5.28. The van der Waals surface area contributed by atoms with Crippen LogP contribution in [0.25, 0.3) is 0 Å². The van der Waals surface area contributed by atoms with Crippen molar-refractivity contribution in [2.75, 3.05) is 6.54 Å². The molecule has 8 N–H and O–H groups in total. The van der Waals surface area contributed by atoms with E-state index in [1.165, 1.54) is 11.8 Å². The maximum Gasteiger partial charge on any atom is 0.326 e. The number of rotatable bonds is 12. The van der Waals surface area contributed by atoms with Crippen LogP contribution < -0.4 is 22.1 Å². The van der Waals surface area contributed by atoms with Gasteiger partial charge in [0.2, 0.25) is 23.6 Å². The van der Waals surface area contributed by atoms with Crippen LogP contribution in [0.2, 0.25) is 0 Å². The lowest BCUT2D eigenvalue weighted by Gasteiger charge is -2.29. The molecule has 1 heterocycles. The molecule has 0 aromatic rings. The molecule has 1 rings (SSSR count). The molecule has 4 amide bonds. The topological polar surface area (TPSA) is 205 Å². The van der Waals surface area contributed by atoms with Crippen LogP contribution in [-0.2, 0) is 24.0 Å². The third-order valence-corrected chi connectivity index (χ3v) is 5.28. The number of carbonyl (C=O) groups is 5. The van der Waals surface area contributed by atoms with Gasteiger partial charge in [0, 0.05) is 13.0 Å². The zero-order chi connectivity index (χ0) is 24.6. The molecule has 12 heteroatoms. The van der Waals surface area contributed by atoms with E-state index in [0.717, 1.165) is 0 Å². The molecule has 0 aromatic carbocycles. The fourth-order valence-electron chi connectivity index (χ4n) is 3.50. The van der Waals surface area contributed by atoms with E-state index in [1.807, 2.05) is 13.8 Å². The lowest BCUT2D eigenvalue weighted by Crippen LogP contribution is -2.58. The first kappa shape index (κ1) is 27.3. The number of carboxylic acids is 1. The van der Waals surface area contributed by atoms with E-state index < -0.39 is 59.9 Å². The second-order valence-corrected chi connectivity index (χ2v) is 8.55. The number of aliphatic hydroxyl groups excluding tert-OH is 1. The number of likely N-dealkylation sites (tertiary alicyclic amines) is 1. The molecule has 0 aliphatic carbocycles. The Morgan fingerprint density at radius 1 is 1.06 bits per heavy atom. The minimum absolute atomic E-state index is 0.00236. The Kier molecular flexibility index (Phi) is 10.5. The summed E-state index contributed by atoms with van der Waals surface area (Å²) in [5.74, 6) is -3.85. The molecule has 5 atom stereocenters. The summed E-state index contributed by atoms with van der Waals surface area (Å²) in [4.78, 5) is 62.2. The summed E-state index contributed by atoms with van der Waals surface area (Å²) in [6, 6.07) is -4.49. The summed E-state index contributed by atoms with van der Waals surface area (Å²) < 4.78 is 0. The summed E-state index contributed by atoms with van der Waals surface area (Å²) in [5.41, 5.74) is 10.8. The molecule has 0 aromatic heterocycles. The SMILES string of the molecule is CC(C)CC(NC(=O)C(CCC(N)=O)NC(=O)C(N)C(C)O)C(=O)N1CCCC1C(=O)O. The molecule has 5 unspecified atom stereocenters. The summed E-state index contributed by atoms with van der Waals surface area (Å²) in [5, 5.41) is 23.9. The fourth-order valence-corrected chi connectivity index (χ4v) is 3.50. The van der Waals surface area contributed by atoms with Crippen molar-refractivity contribution in [3.8, 4) is 0 Å². The Morgan fingerprint density at radius 3 is 2.16 bits per heavy atom. The molecule has 1 aliphatic heterocycles. The van der Waals surface area contributed by atoms with Gasteiger partial charge in [-0.2, -0.15) is 0 Å². The number of nitrogens with zero attached hydrogens (tertiary/aromatic N) is 1. The number of nitrogens with two attached hydrogens (primary N) is 2. The van der Waals surface area contributed by atoms with Gasteiger partial charge in [0.25, 0.3) is 0 Å². The second kappa shape index (κ2) is 12.3. The molecule has 1 aliphatic rings. The summed E-state index contributed by atoms with van der Waals surface area (Å²) >= 11 is 0. The van der Waals surface area contributed by atoms with Crippen LogP contribution in [-0.4, -0.2) is 81.5 Å². The van der Waals surface area contributed by atoms with E-state index in [9.17, 15) is 34.2 Å². The average molecular weight is 458 g/mol. The molecule has 0 saturated carbocycles. The maximum absolute atomic E-state index is 13.1. The number of carbonyl (C=O) groups excluding carboxylic acids is 4. The van der Waals surface area contributed by atoms with E-state index in [2.05, 4.69) is 10.6 Å². The van der Waals surface area contributed by atoms with Crippen molar-refractivity contribution >= 4 is 29.6 Å². The fraction of sp³-hybridized carbons (Fsp3) is 0.750. The third kappa shape index (κ3) is 8.08. The van der Waals surface area contributed by atoms with Crippen molar-refractivity contribution in [2.24, 2.45) is 17.4 Å². The number of hydrogen-bond donors (Lipinski definition) is 6. The molecule has 1 fully saturated rings. The number of amides is 4. The molecule has 0 bridgehead atoms. The first-order valence-electron chi connectivity index (χ1n) is 10.7. The molecular weight excluding hydrogens is 422 g/mol. The number of aliphatic hydroxyl groups is 1. The van der Waals surface area contributed by atoms with Gasteiger partial charge in [0.15, 0.2) is 0 Å². The van der Waals surface area contributed by atoms with Crippen molar-refractivity contribution < 1.29 is 34.2 Å². The predicted molar refractivity (Wildman–Crippen MR) is 114 cm³/mol. The molecular formula is C20H35N5O7. The average Bonchev–Trinajstić information content (AvgIpc) is 3.18. The normalized spacial score (nSPS) is 19.7. The highest BCUT2D eigenvalue weighted by Crippen LogP contribution is 2.20. The van der Waals surface area contributed by atoms with Gasteiger partial charge in [-0.15, -0.1) is 0 Å². The smallest absolute Gasteiger partial charge is 0.326 e. The molecule has 1 saturated heterocycles. The number of nitrogens with one attached hydrogen (secondary N) is 2. The van der Waals surface area contributed by atoms with Crippen molar-refractivity contribution in [3.63, 3.8) is 0 Å². The lowest BCUT2D eigenvalue weighted by atomic mass is 10.0. The standard InChI is InChI=1S/C20H35N5O7/c1-10(2)9-13(19(30)25-8-4-5-14(25)20(31)32)24-17(28)12(6-7-15(21)27)23-18(29)16(22)11(3)26/h10-14,16,26H,4-9,22H2,1-3H3,(H2,21,27)(H,23,29)(H,24,28)(H,31,32). The largest absolute Gasteiger partial charge is 0.480 e. The highest BCUT2D eigenvalue weighted by atomic mass is 16.4. The lowest BCUT2D eigenvalue weighted by molar-refractivity contribution is -0.149. The Hall–Kier alpha value is -2.73. The highest BCUT2D eigenvalue weighted by Gasteiger charge is 2.38. The Balaban J connectivity index is 3.03. The van der Waals surface area contributed by atoms with Gasteiger partial charge in [0.1, 0.15) is 24.2 Å². The van der Waals surface area contributed by atoms with Gasteiger partial charge in [-0.05, 0) is 38.5 Å². The molecule has 0 spiro atoms. The van der Waals surface area contributed by atoms with Crippen molar-refractivity contribution in [2.45, 2.75) is 83.1 Å². The van der Waals surface area contributed by atoms with Crippen molar-refractivity contribution in [1.29, 1.82) is 0 Å². The van der Waals surface area contributed by atoms with Crippen molar-refractivity contribution in [1.82, 2.24) is 15.5 Å². The quantitative estimate of drug-likeness (QED) is 0.194. The van der Waals surface area contributed by atoms with Gasteiger partial charge >= 0.3 is 5.97 Å². The predicted octanol–water partition coefficient (Wildman–Crippen LogP) is -1.95. The van der Waals surface area contributed by atoms with E-state index in [1.54, 1.807) is 0 Å². The highest BCUT2D eigenvalue weighted by molar-refractivity contribution is 5.94. The van der Waals surface area contributed by atoms with E-state index in [0.29, 0.717) is 12.8 Å². The molecule has 182 valence electrons. The van der Waals surface area contributed by atoms with Crippen LogP contribution in [0.5, 0.6) is 0 Å². The molecule has 12 nitrogen and oxygen atoms in total. The van der Waals surface area contributed by atoms with E-state index in [4.69, 9.17) is 11.5 Å². The minimum atomic E-state index is -1.30. The van der Waals surface area contributed by atoms with Crippen LogP contribution in [0, 0.1) is 5.92 Å². The second-order valence-electron chi connectivity index (χ2n) is 8.55. The Morgan fingerprint density at radius 2 is 1.66 bits per heavy atom. The minimum Gasteiger partial charge on any atom is -0.480 e. The first-order chi connectivity index (χ1) is 14.8. The zero-order valence-electron chi connectivity index (χ0n) is 18.7. The van der Waals surface area contributed by atoms with Crippen LogP contribution in [0.3, 0.4) is 0 Å². The number of primary amides is 1. The van der Waals surface area contributed by atoms with Crippen LogP contribution in [0.1, 0.15) is 52.9 Å². The van der Waals surface area contributed by atoms with Gasteiger partial charge < -0.3 is 37.2 Å². The maximum atomic E-state index is 13.1. The van der Waals surface area contributed by atoms with Crippen molar-refractivity contribution in [3.05, 3.63) is 0 Å². The number of aliphatic carboxylic acids is 1. The molecule has 32 heavy (non-hydrogen) atoms. The van der Waals surface area contributed by atoms with Crippen LogP contribution >= 0.6 is 0 Å². The molecule has 0 radical (unpaired) electrons. The first-order valence-corrected chi connectivity index (χ1v) is 10.7. The zero-order valence-corrected chi connectivity index (χ0v) is 18.7. The Labute approximate surface area is 187 Å². The number of carboxylic acid groups (broad SMARTS) is 1. The van der Waals surface area contributed by atoms with Gasteiger partial charge in [-0.3, -0.25) is 19.2 Å². The van der Waals surface area contributed by atoms with E-state index >= 15 is 0 Å². The van der Waals surface area contributed by atoms with E-state index in [-0.39, 0.29) is 31.7 Å². The van der Waals surface area contributed by atoms with Gasteiger partial charge in [-0.25, -0.2) is 4.79 Å². The number of hydrogen-bond acceptors (Lipinski definition) is 7. The van der Waals surface area contributed by atoms with Gasteiger partial charge in [-0.1, -0.05) is 13.8 Å². The summed E-state index contributed by atoms with van der Waals surface area (Å²) in [7, 11) is 0. The van der Waals surface area contributed by atoms with Crippen LogP contribution in [0.15, 0.2) is 0 Å². The summed E-state index contributed by atoms with van der Waals surface area (Å²) in [6.07, 6.45) is -0.399. The Bertz CT molecular complexity index is 712. The monoisotopic (exact) mass is 457 g/mol. The van der Waals surface area contributed by atoms with Gasteiger partial charge in [0.05, 0.1) is 6.10 Å². The summed E-state index contributed by atoms with van der Waals surface area (Å²) in [6.45, 7) is 5.28. The van der Waals surface area contributed by atoms with Crippen LogP contribution in [0.4, 0.5) is 0 Å².